The Kier molecular flexibility index (Phi) is 2.59. The van der Waals surface area contributed by atoms with E-state index in [9.17, 15) is 0 Å². The maximum absolute atomic E-state index is 8.67. The van der Waals surface area contributed by atoms with Gasteiger partial charge in [-0.05, 0) is 5.56 Å². The Morgan fingerprint density at radius 2 is 2.08 bits per heavy atom. The number of rotatable bonds is 4. The minimum atomic E-state index is -0.204. The van der Waals surface area contributed by atoms with Crippen molar-refractivity contribution in [2.75, 3.05) is 6.61 Å². The van der Waals surface area contributed by atoms with Gasteiger partial charge < -0.3 is 14.6 Å². The summed E-state index contributed by atoms with van der Waals surface area (Å²) in [4.78, 5) is 0. The molecule has 70 valence electrons. The minimum absolute atomic E-state index is 0.0411. The summed E-state index contributed by atoms with van der Waals surface area (Å²) in [6.07, 6.45) is -0.311. The number of epoxide rings is 1. The van der Waals surface area contributed by atoms with Crippen LogP contribution in [0, 0.1) is 0 Å². The van der Waals surface area contributed by atoms with Crippen LogP contribution in [0.2, 0.25) is 0 Å². The van der Waals surface area contributed by atoms with Gasteiger partial charge in [0.2, 0.25) is 0 Å². The molecule has 3 nitrogen and oxygen atoms in total. The van der Waals surface area contributed by atoms with Crippen LogP contribution in [0.5, 0.6) is 0 Å². The molecule has 0 aromatic heterocycles. The molecule has 0 saturated carbocycles. The summed E-state index contributed by atoms with van der Waals surface area (Å²) in [5, 5.41) is 8.67. The van der Waals surface area contributed by atoms with Crippen LogP contribution >= 0.6 is 0 Å². The molecule has 0 bridgehead atoms. The summed E-state index contributed by atoms with van der Waals surface area (Å²) in [5.74, 6) is 0. The fourth-order valence-corrected chi connectivity index (χ4v) is 1.16. The molecule has 0 radical (unpaired) electrons. The van der Waals surface area contributed by atoms with Gasteiger partial charge in [-0.15, -0.1) is 0 Å². The van der Waals surface area contributed by atoms with Gasteiger partial charge in [-0.1, -0.05) is 30.3 Å². The van der Waals surface area contributed by atoms with Gasteiger partial charge in [0.05, 0.1) is 13.2 Å². The van der Waals surface area contributed by atoms with Crippen LogP contribution in [0.4, 0.5) is 0 Å². The van der Waals surface area contributed by atoms with E-state index in [0.29, 0.717) is 6.61 Å². The average molecular weight is 180 g/mol. The molecule has 0 amide bonds. The van der Waals surface area contributed by atoms with E-state index in [1.807, 2.05) is 30.3 Å². The lowest BCUT2D eigenvalue weighted by Crippen LogP contribution is -2.03. The highest BCUT2D eigenvalue weighted by Crippen LogP contribution is 2.23. The Bertz CT molecular complexity index is 260. The smallest absolute Gasteiger partial charge is 0.187 e. The van der Waals surface area contributed by atoms with Gasteiger partial charge in [-0.25, -0.2) is 0 Å². The van der Waals surface area contributed by atoms with Crippen molar-refractivity contribution in [3.63, 3.8) is 0 Å². The van der Waals surface area contributed by atoms with Gasteiger partial charge >= 0.3 is 0 Å². The van der Waals surface area contributed by atoms with Crippen molar-refractivity contribution in [2.45, 2.75) is 19.0 Å². The number of hydrogen-bond acceptors (Lipinski definition) is 3. The quantitative estimate of drug-likeness (QED) is 0.700. The molecule has 13 heavy (non-hydrogen) atoms. The maximum atomic E-state index is 8.67. The second kappa shape index (κ2) is 3.87. The summed E-state index contributed by atoms with van der Waals surface area (Å²) < 4.78 is 10.4. The molecule has 1 N–H and O–H groups in total. The van der Waals surface area contributed by atoms with Crippen molar-refractivity contribution < 1.29 is 14.6 Å². The molecule has 1 fully saturated rings. The first-order valence-electron chi connectivity index (χ1n) is 4.32. The number of benzene rings is 1. The SMILES string of the molecule is OC[C@@H]1O[C@H]1OCc1ccccc1. The Morgan fingerprint density at radius 3 is 2.69 bits per heavy atom. The molecule has 1 heterocycles. The van der Waals surface area contributed by atoms with Crippen molar-refractivity contribution >= 4 is 0 Å². The Labute approximate surface area is 76.9 Å². The number of aliphatic hydroxyl groups is 1. The number of hydrogen-bond donors (Lipinski definition) is 1. The predicted octanol–water partition coefficient (Wildman–Crippen LogP) is 0.920. The van der Waals surface area contributed by atoms with E-state index in [2.05, 4.69) is 0 Å². The first-order chi connectivity index (χ1) is 6.40. The highest BCUT2D eigenvalue weighted by atomic mass is 16.8. The fourth-order valence-electron chi connectivity index (χ4n) is 1.16. The molecular weight excluding hydrogens is 168 g/mol. The van der Waals surface area contributed by atoms with Gasteiger partial charge in [-0.3, -0.25) is 0 Å². The molecule has 1 aromatic rings. The van der Waals surface area contributed by atoms with Gasteiger partial charge in [-0.2, -0.15) is 0 Å². The van der Waals surface area contributed by atoms with Gasteiger partial charge in [0.1, 0.15) is 6.10 Å². The van der Waals surface area contributed by atoms with E-state index >= 15 is 0 Å². The monoisotopic (exact) mass is 180 g/mol. The molecule has 0 spiro atoms. The third kappa shape index (κ3) is 2.28. The first kappa shape index (κ1) is 8.69. The Hall–Kier alpha value is -0.900. The van der Waals surface area contributed by atoms with Gasteiger partial charge in [0.25, 0.3) is 0 Å². The largest absolute Gasteiger partial charge is 0.393 e. The molecule has 1 aromatic carbocycles. The zero-order valence-electron chi connectivity index (χ0n) is 7.22. The van der Waals surface area contributed by atoms with E-state index in [1.54, 1.807) is 0 Å². The highest BCUT2D eigenvalue weighted by Gasteiger charge is 2.39. The molecule has 0 unspecified atom stereocenters. The Balaban J connectivity index is 1.75. The van der Waals surface area contributed by atoms with Crippen LogP contribution < -0.4 is 0 Å². The van der Waals surface area contributed by atoms with Crippen molar-refractivity contribution in [3.05, 3.63) is 35.9 Å². The normalized spacial score (nSPS) is 25.9. The lowest BCUT2D eigenvalue weighted by Gasteiger charge is -1.99. The summed E-state index contributed by atoms with van der Waals surface area (Å²) in [7, 11) is 0. The topological polar surface area (TPSA) is 42.0 Å². The highest BCUT2D eigenvalue weighted by molar-refractivity contribution is 5.13. The fraction of sp³-hybridized carbons (Fsp3) is 0.400. The van der Waals surface area contributed by atoms with Crippen LogP contribution in [-0.2, 0) is 16.1 Å². The van der Waals surface area contributed by atoms with Crippen LogP contribution in [0.25, 0.3) is 0 Å². The van der Waals surface area contributed by atoms with Crippen LogP contribution in [-0.4, -0.2) is 24.1 Å². The standard InChI is InChI=1S/C10H12O3/c11-6-9-10(13-9)12-7-8-4-2-1-3-5-8/h1-5,9-11H,6-7H2/t9-,10+/m0/s1. The van der Waals surface area contributed by atoms with Gasteiger partial charge in [0, 0.05) is 0 Å². The summed E-state index contributed by atoms with van der Waals surface area (Å²) in [6.45, 7) is 0.585. The first-order valence-corrected chi connectivity index (χ1v) is 4.32. The predicted molar refractivity (Wildman–Crippen MR) is 47.0 cm³/mol. The third-order valence-corrected chi connectivity index (χ3v) is 1.97. The zero-order valence-corrected chi connectivity index (χ0v) is 7.22. The molecule has 1 saturated heterocycles. The minimum Gasteiger partial charge on any atom is -0.393 e. The molecular formula is C10H12O3. The van der Waals surface area contributed by atoms with Crippen LogP contribution in [0.1, 0.15) is 5.56 Å². The molecule has 2 atom stereocenters. The van der Waals surface area contributed by atoms with E-state index in [4.69, 9.17) is 14.6 Å². The lowest BCUT2D eigenvalue weighted by atomic mass is 10.2. The molecule has 3 heteroatoms. The Morgan fingerprint density at radius 1 is 1.31 bits per heavy atom. The maximum Gasteiger partial charge on any atom is 0.187 e. The second-order valence-corrected chi connectivity index (χ2v) is 3.02. The van der Waals surface area contributed by atoms with E-state index in [-0.39, 0.29) is 19.0 Å². The van der Waals surface area contributed by atoms with Crippen molar-refractivity contribution in [1.29, 1.82) is 0 Å². The van der Waals surface area contributed by atoms with Crippen LogP contribution in [0.3, 0.4) is 0 Å². The summed E-state index contributed by atoms with van der Waals surface area (Å²) >= 11 is 0. The zero-order chi connectivity index (χ0) is 9.10. The van der Waals surface area contributed by atoms with Crippen molar-refractivity contribution in [3.8, 4) is 0 Å². The average Bonchev–Trinajstić information content (AvgIpc) is 2.95. The van der Waals surface area contributed by atoms with Crippen LogP contribution in [0.15, 0.2) is 30.3 Å². The molecule has 0 aliphatic carbocycles. The van der Waals surface area contributed by atoms with Crippen molar-refractivity contribution in [1.82, 2.24) is 0 Å². The number of aliphatic hydroxyl groups excluding tert-OH is 1. The lowest BCUT2D eigenvalue weighted by molar-refractivity contribution is 0.0384. The molecule has 1 aliphatic rings. The summed E-state index contributed by atoms with van der Waals surface area (Å²) in [6, 6.07) is 9.90. The molecule has 2 rings (SSSR count). The number of ether oxygens (including phenoxy) is 2. The summed E-state index contributed by atoms with van der Waals surface area (Å²) in [5.41, 5.74) is 1.12. The molecule has 1 aliphatic heterocycles. The van der Waals surface area contributed by atoms with Crippen molar-refractivity contribution in [2.24, 2.45) is 0 Å². The van der Waals surface area contributed by atoms with Gasteiger partial charge in [0.15, 0.2) is 6.29 Å². The van der Waals surface area contributed by atoms with E-state index < -0.39 is 0 Å². The van der Waals surface area contributed by atoms with E-state index in [1.165, 1.54) is 0 Å². The second-order valence-electron chi connectivity index (χ2n) is 3.02. The van der Waals surface area contributed by atoms with E-state index in [0.717, 1.165) is 5.56 Å². The third-order valence-electron chi connectivity index (χ3n) is 1.97.